The quantitative estimate of drug-likeness (QED) is 0.558. The molecule has 0 rings (SSSR count). The van der Waals surface area contributed by atoms with Gasteiger partial charge in [-0.1, -0.05) is 11.8 Å². The van der Waals surface area contributed by atoms with Crippen LogP contribution in [0.3, 0.4) is 0 Å². The lowest BCUT2D eigenvalue weighted by Crippen LogP contribution is -2.30. The van der Waals surface area contributed by atoms with Gasteiger partial charge in [0.2, 0.25) is 0 Å². The minimum atomic E-state index is -0.921. The summed E-state index contributed by atoms with van der Waals surface area (Å²) in [5.74, 6) is 3.73. The molecule has 0 aliphatic rings. The van der Waals surface area contributed by atoms with E-state index >= 15 is 0 Å². The summed E-state index contributed by atoms with van der Waals surface area (Å²) in [6, 6.07) is 0. The Balaban J connectivity index is 3.82. The Bertz CT molecular complexity index is 193. The summed E-state index contributed by atoms with van der Waals surface area (Å²) in [5.41, 5.74) is 0. The van der Waals surface area contributed by atoms with Gasteiger partial charge in [-0.3, -0.25) is 9.69 Å². The van der Waals surface area contributed by atoms with Crippen LogP contribution in [0.2, 0.25) is 0 Å². The van der Waals surface area contributed by atoms with E-state index in [0.29, 0.717) is 0 Å². The van der Waals surface area contributed by atoms with Crippen molar-refractivity contribution in [3.63, 3.8) is 0 Å². The number of nitrogens with zero attached hydrogens (tertiary/aromatic N) is 1. The summed E-state index contributed by atoms with van der Waals surface area (Å²) in [4.78, 5) is 11.7. The maximum atomic E-state index is 10.2. The van der Waals surface area contributed by atoms with Crippen molar-refractivity contribution in [1.82, 2.24) is 4.90 Å². The fourth-order valence-electron chi connectivity index (χ4n) is 0.617. The Kier molecular flexibility index (Phi) is 4.64. The number of hydrogen-bond donors (Lipinski definition) is 1. The highest BCUT2D eigenvalue weighted by molar-refractivity contribution is 5.69. The van der Waals surface area contributed by atoms with Gasteiger partial charge in [-0.25, -0.2) is 0 Å². The number of rotatable bonds is 4. The van der Waals surface area contributed by atoms with Crippen LogP contribution in [0.5, 0.6) is 0 Å². The second-order valence-electron chi connectivity index (χ2n) is 1.95. The van der Waals surface area contributed by atoms with Crippen molar-refractivity contribution in [1.29, 1.82) is 0 Å². The van der Waals surface area contributed by atoms with Gasteiger partial charge in [-0.05, 0) is 0 Å². The predicted molar refractivity (Wildman–Crippen MR) is 41.7 cm³/mol. The zero-order valence-corrected chi connectivity index (χ0v) is 6.08. The Morgan fingerprint density at radius 2 is 1.82 bits per heavy atom. The summed E-state index contributed by atoms with van der Waals surface area (Å²) in [6.45, 7) is 0.446. The standard InChI is InChI=1S/C8H9NO2/c1-3-5-9(6-4-2)7-8(10)11/h1-2H,5-7H2,(H,10,11). The van der Waals surface area contributed by atoms with Gasteiger partial charge in [-0.2, -0.15) is 0 Å². The average Bonchev–Trinajstić information content (AvgIpc) is 1.87. The van der Waals surface area contributed by atoms with E-state index in [1.807, 2.05) is 0 Å². The van der Waals surface area contributed by atoms with Gasteiger partial charge in [0, 0.05) is 0 Å². The molecule has 0 saturated heterocycles. The Labute approximate surface area is 66.0 Å². The molecule has 1 N–H and O–H groups in total. The van der Waals surface area contributed by atoms with Crippen molar-refractivity contribution in [3.8, 4) is 24.7 Å². The first kappa shape index (κ1) is 9.55. The molecule has 11 heavy (non-hydrogen) atoms. The van der Waals surface area contributed by atoms with Crippen LogP contribution in [0.25, 0.3) is 0 Å². The fourth-order valence-corrected chi connectivity index (χ4v) is 0.617. The third kappa shape index (κ3) is 5.02. The van der Waals surface area contributed by atoms with E-state index in [4.69, 9.17) is 18.0 Å². The van der Waals surface area contributed by atoms with Crippen LogP contribution >= 0.6 is 0 Å². The van der Waals surface area contributed by atoms with Crippen LogP contribution in [-0.2, 0) is 4.79 Å². The Hall–Kier alpha value is -1.45. The largest absolute Gasteiger partial charge is 0.480 e. The monoisotopic (exact) mass is 151 g/mol. The molecule has 0 amide bonds. The lowest BCUT2D eigenvalue weighted by Gasteiger charge is -2.12. The zero-order valence-electron chi connectivity index (χ0n) is 6.08. The van der Waals surface area contributed by atoms with E-state index in [9.17, 15) is 4.79 Å². The first-order valence-electron chi connectivity index (χ1n) is 3.01. The molecule has 0 heterocycles. The summed E-state index contributed by atoms with van der Waals surface area (Å²) < 4.78 is 0. The minimum absolute atomic E-state index is 0.103. The minimum Gasteiger partial charge on any atom is -0.480 e. The Morgan fingerprint density at radius 3 is 2.09 bits per heavy atom. The summed E-state index contributed by atoms with van der Waals surface area (Å²) >= 11 is 0. The molecule has 0 aromatic heterocycles. The molecule has 0 fully saturated rings. The van der Waals surface area contributed by atoms with Gasteiger partial charge in [0.05, 0.1) is 19.6 Å². The van der Waals surface area contributed by atoms with E-state index in [1.54, 1.807) is 0 Å². The van der Waals surface area contributed by atoms with E-state index in [-0.39, 0.29) is 19.6 Å². The van der Waals surface area contributed by atoms with E-state index in [2.05, 4.69) is 11.8 Å². The van der Waals surface area contributed by atoms with E-state index < -0.39 is 5.97 Å². The number of aliphatic carboxylic acids is 1. The van der Waals surface area contributed by atoms with Crippen molar-refractivity contribution in [2.75, 3.05) is 19.6 Å². The lowest BCUT2D eigenvalue weighted by atomic mass is 10.4. The van der Waals surface area contributed by atoms with Gasteiger partial charge in [0.25, 0.3) is 0 Å². The summed E-state index contributed by atoms with van der Waals surface area (Å²) in [6.07, 6.45) is 9.96. The molecule has 0 aliphatic carbocycles. The first-order chi connectivity index (χ1) is 5.20. The van der Waals surface area contributed by atoms with Gasteiger partial charge >= 0.3 is 5.97 Å². The van der Waals surface area contributed by atoms with Crippen LogP contribution < -0.4 is 0 Å². The molecular weight excluding hydrogens is 142 g/mol. The highest BCUT2D eigenvalue weighted by Crippen LogP contribution is 1.84. The van der Waals surface area contributed by atoms with Gasteiger partial charge in [0.15, 0.2) is 0 Å². The van der Waals surface area contributed by atoms with Crippen molar-refractivity contribution in [2.45, 2.75) is 0 Å². The number of terminal acetylenes is 2. The SMILES string of the molecule is C#CCN(CC#C)CC(=O)O. The topological polar surface area (TPSA) is 40.5 Å². The summed E-state index contributed by atoms with van der Waals surface area (Å²) in [7, 11) is 0. The van der Waals surface area contributed by atoms with Crippen LogP contribution in [-0.4, -0.2) is 35.6 Å². The average molecular weight is 151 g/mol. The molecule has 0 bridgehead atoms. The highest BCUT2D eigenvalue weighted by atomic mass is 16.4. The summed E-state index contributed by atoms with van der Waals surface area (Å²) in [5, 5.41) is 8.36. The molecule has 58 valence electrons. The molecule has 0 unspecified atom stereocenters. The molecule has 0 saturated carbocycles. The number of hydrogen-bond acceptors (Lipinski definition) is 2. The second kappa shape index (κ2) is 5.34. The smallest absolute Gasteiger partial charge is 0.317 e. The zero-order chi connectivity index (χ0) is 8.69. The third-order valence-electron chi connectivity index (χ3n) is 0.989. The molecule has 3 heteroatoms. The van der Waals surface area contributed by atoms with Gasteiger partial charge in [-0.15, -0.1) is 12.8 Å². The van der Waals surface area contributed by atoms with Crippen LogP contribution in [0.1, 0.15) is 0 Å². The maximum absolute atomic E-state index is 10.2. The van der Waals surface area contributed by atoms with Crippen LogP contribution in [0.4, 0.5) is 0 Å². The van der Waals surface area contributed by atoms with Crippen molar-refractivity contribution in [2.24, 2.45) is 0 Å². The molecule has 0 aromatic rings. The Morgan fingerprint density at radius 1 is 1.36 bits per heavy atom. The number of carboxylic acid groups (broad SMARTS) is 1. The molecule has 3 nitrogen and oxygen atoms in total. The van der Waals surface area contributed by atoms with Crippen molar-refractivity contribution < 1.29 is 9.90 Å². The van der Waals surface area contributed by atoms with Crippen molar-refractivity contribution >= 4 is 5.97 Å². The first-order valence-corrected chi connectivity index (χ1v) is 3.01. The highest BCUT2D eigenvalue weighted by Gasteiger charge is 2.05. The second-order valence-corrected chi connectivity index (χ2v) is 1.95. The maximum Gasteiger partial charge on any atom is 0.317 e. The van der Waals surface area contributed by atoms with Crippen LogP contribution in [0, 0.1) is 24.7 Å². The normalized spacial score (nSPS) is 8.64. The molecule has 0 spiro atoms. The number of carboxylic acids is 1. The number of carbonyl (C=O) groups is 1. The fraction of sp³-hybridized carbons (Fsp3) is 0.375. The molecule has 0 aromatic carbocycles. The predicted octanol–water partition coefficient (Wildman–Crippen LogP) is -0.361. The molecule has 0 aliphatic heterocycles. The van der Waals surface area contributed by atoms with Gasteiger partial charge < -0.3 is 5.11 Å². The van der Waals surface area contributed by atoms with E-state index in [1.165, 1.54) is 4.90 Å². The molecular formula is C8H9NO2. The van der Waals surface area contributed by atoms with Crippen LogP contribution in [0.15, 0.2) is 0 Å². The molecule has 0 radical (unpaired) electrons. The van der Waals surface area contributed by atoms with Gasteiger partial charge in [0.1, 0.15) is 0 Å². The molecule has 0 atom stereocenters. The third-order valence-corrected chi connectivity index (χ3v) is 0.989. The van der Waals surface area contributed by atoms with E-state index in [0.717, 1.165) is 0 Å². The lowest BCUT2D eigenvalue weighted by molar-refractivity contribution is -0.138. The van der Waals surface area contributed by atoms with Crippen molar-refractivity contribution in [3.05, 3.63) is 0 Å².